The highest BCUT2D eigenvalue weighted by Gasteiger charge is 2.21. The first-order valence-electron chi connectivity index (χ1n) is 6.85. The molecule has 1 nitrogen and oxygen atoms in total. The van der Waals surface area contributed by atoms with E-state index in [9.17, 15) is 0 Å². The molecule has 0 aliphatic heterocycles. The minimum atomic E-state index is 0.807. The van der Waals surface area contributed by atoms with Crippen LogP contribution in [0.25, 0.3) is 0 Å². The summed E-state index contributed by atoms with van der Waals surface area (Å²) in [5.74, 6) is 2.35. The predicted octanol–water partition coefficient (Wildman–Crippen LogP) is 3.83. The second kappa shape index (κ2) is 5.45. The Kier molecular flexibility index (Phi) is 3.72. The number of hydrogen-bond donors (Lipinski definition) is 1. The largest absolute Gasteiger partial charge is 0.310 e. The molecular weight excluding hydrogens is 226 g/mol. The smallest absolute Gasteiger partial charge is 0.0208 e. The van der Waals surface area contributed by atoms with E-state index >= 15 is 0 Å². The molecule has 0 aromatic heterocycles. The van der Waals surface area contributed by atoms with Crippen molar-refractivity contribution in [2.24, 2.45) is 5.92 Å². The van der Waals surface area contributed by atoms with E-state index in [1.54, 1.807) is 0 Å². The van der Waals surface area contributed by atoms with E-state index in [0.717, 1.165) is 18.5 Å². The maximum absolute atomic E-state index is 3.58. The maximum atomic E-state index is 3.58. The topological polar surface area (TPSA) is 12.0 Å². The summed E-state index contributed by atoms with van der Waals surface area (Å²) in [5, 5.41) is 3.58. The molecule has 1 aromatic rings. The van der Waals surface area contributed by atoms with Gasteiger partial charge in [-0.25, -0.2) is 0 Å². The van der Waals surface area contributed by atoms with E-state index in [1.807, 2.05) is 11.8 Å². The number of benzene rings is 1. The van der Waals surface area contributed by atoms with Crippen molar-refractivity contribution in [3.63, 3.8) is 0 Å². The van der Waals surface area contributed by atoms with Gasteiger partial charge in [0.1, 0.15) is 0 Å². The molecular formula is C15H21NS. The molecule has 0 saturated heterocycles. The van der Waals surface area contributed by atoms with Crippen LogP contribution in [0.15, 0.2) is 29.2 Å². The van der Waals surface area contributed by atoms with Crippen LogP contribution >= 0.6 is 11.8 Å². The highest BCUT2D eigenvalue weighted by atomic mass is 32.2. The van der Waals surface area contributed by atoms with Gasteiger partial charge in [-0.1, -0.05) is 25.0 Å². The predicted molar refractivity (Wildman–Crippen MR) is 74.4 cm³/mol. The molecule has 0 unspecified atom stereocenters. The van der Waals surface area contributed by atoms with Crippen LogP contribution < -0.4 is 5.32 Å². The van der Waals surface area contributed by atoms with Crippen molar-refractivity contribution in [3.05, 3.63) is 29.8 Å². The van der Waals surface area contributed by atoms with Crippen molar-refractivity contribution in [3.8, 4) is 0 Å². The van der Waals surface area contributed by atoms with Crippen LogP contribution in [0.2, 0.25) is 0 Å². The van der Waals surface area contributed by atoms with Gasteiger partial charge in [0.25, 0.3) is 0 Å². The first kappa shape index (κ1) is 11.6. The molecule has 3 rings (SSSR count). The summed E-state index contributed by atoms with van der Waals surface area (Å²) in [6.45, 7) is 1.04. The molecule has 2 heteroatoms. The summed E-state index contributed by atoms with van der Waals surface area (Å²) < 4.78 is 0. The Hall–Kier alpha value is -0.470. The first-order valence-corrected chi connectivity index (χ1v) is 7.84. The van der Waals surface area contributed by atoms with E-state index < -0.39 is 0 Å². The van der Waals surface area contributed by atoms with Gasteiger partial charge >= 0.3 is 0 Å². The summed E-state index contributed by atoms with van der Waals surface area (Å²) in [4.78, 5) is 1.45. The van der Waals surface area contributed by atoms with Crippen LogP contribution in [0, 0.1) is 5.92 Å². The molecule has 17 heavy (non-hydrogen) atoms. The fraction of sp³-hybridized carbons (Fsp3) is 0.600. The van der Waals surface area contributed by atoms with E-state index in [2.05, 4.69) is 29.6 Å². The lowest BCUT2D eigenvalue weighted by atomic mass is 10.2. The quantitative estimate of drug-likeness (QED) is 0.735. The third-order valence-corrected chi connectivity index (χ3v) is 4.59. The average Bonchev–Trinajstić information content (AvgIpc) is 3.22. The average molecular weight is 247 g/mol. The summed E-state index contributed by atoms with van der Waals surface area (Å²) in [6, 6.07) is 9.84. The Labute approximate surface area is 108 Å². The van der Waals surface area contributed by atoms with E-state index in [0.29, 0.717) is 0 Å². The van der Waals surface area contributed by atoms with E-state index in [1.165, 1.54) is 48.3 Å². The molecule has 2 aliphatic rings. The van der Waals surface area contributed by atoms with Gasteiger partial charge in [-0.15, -0.1) is 11.8 Å². The molecule has 1 aromatic carbocycles. The summed E-state index contributed by atoms with van der Waals surface area (Å²) in [6.07, 6.45) is 7.11. The normalized spacial score (nSPS) is 19.5. The molecule has 1 N–H and O–H groups in total. The molecule has 92 valence electrons. The number of thioether (sulfide) groups is 1. The summed E-state index contributed by atoms with van der Waals surface area (Å²) >= 11 is 2.03. The molecule has 0 heterocycles. The Morgan fingerprint density at radius 1 is 1.18 bits per heavy atom. The molecule has 0 bridgehead atoms. The molecule has 0 radical (unpaired) electrons. The number of rotatable bonds is 7. The third-order valence-electron chi connectivity index (χ3n) is 3.56. The van der Waals surface area contributed by atoms with Gasteiger partial charge in [-0.05, 0) is 48.6 Å². The fourth-order valence-corrected chi connectivity index (χ4v) is 3.14. The molecule has 0 atom stereocenters. The highest BCUT2D eigenvalue weighted by molar-refractivity contribution is 7.99. The van der Waals surface area contributed by atoms with Gasteiger partial charge in [0.2, 0.25) is 0 Å². The van der Waals surface area contributed by atoms with Crippen LogP contribution in [0.5, 0.6) is 0 Å². The first-order chi connectivity index (χ1) is 8.40. The van der Waals surface area contributed by atoms with Gasteiger partial charge in [0, 0.05) is 17.5 Å². The lowest BCUT2D eigenvalue weighted by Gasteiger charge is -2.06. The van der Waals surface area contributed by atoms with Crippen molar-refractivity contribution in [1.29, 1.82) is 0 Å². The molecule has 2 aliphatic carbocycles. The lowest BCUT2D eigenvalue weighted by Crippen LogP contribution is -2.15. The zero-order chi connectivity index (χ0) is 11.5. The van der Waals surface area contributed by atoms with Crippen LogP contribution in [-0.2, 0) is 6.54 Å². The van der Waals surface area contributed by atoms with Crippen molar-refractivity contribution < 1.29 is 0 Å². The lowest BCUT2D eigenvalue weighted by molar-refractivity contribution is 0.687. The Bertz CT molecular complexity index is 369. The van der Waals surface area contributed by atoms with Gasteiger partial charge in [0.05, 0.1) is 0 Å². The Morgan fingerprint density at radius 3 is 2.82 bits per heavy atom. The van der Waals surface area contributed by atoms with Gasteiger partial charge in [0.15, 0.2) is 0 Å². The molecule has 0 spiro atoms. The monoisotopic (exact) mass is 247 g/mol. The minimum absolute atomic E-state index is 0.807. The molecule has 2 saturated carbocycles. The zero-order valence-corrected chi connectivity index (χ0v) is 11.1. The van der Waals surface area contributed by atoms with Crippen LogP contribution in [0.4, 0.5) is 0 Å². The Balaban J connectivity index is 1.46. The standard InChI is InChI=1S/C15H21NS/c1-2-13(11-16-14-6-7-14)10-15(3-1)17-9-8-12-4-5-12/h1-3,10,12,14,16H,4-9,11H2. The van der Waals surface area contributed by atoms with Crippen molar-refractivity contribution in [2.75, 3.05) is 5.75 Å². The van der Waals surface area contributed by atoms with Crippen molar-refractivity contribution in [1.82, 2.24) is 5.32 Å². The van der Waals surface area contributed by atoms with Crippen molar-refractivity contribution in [2.45, 2.75) is 49.6 Å². The van der Waals surface area contributed by atoms with Gasteiger partial charge in [-0.3, -0.25) is 0 Å². The highest BCUT2D eigenvalue weighted by Crippen LogP contribution is 2.34. The zero-order valence-electron chi connectivity index (χ0n) is 10.3. The Morgan fingerprint density at radius 2 is 2.06 bits per heavy atom. The SMILES string of the molecule is c1cc(CNC2CC2)cc(SCCC2CC2)c1. The van der Waals surface area contributed by atoms with E-state index in [-0.39, 0.29) is 0 Å². The molecule has 0 amide bonds. The van der Waals surface area contributed by atoms with Crippen LogP contribution in [-0.4, -0.2) is 11.8 Å². The van der Waals surface area contributed by atoms with Gasteiger partial charge in [-0.2, -0.15) is 0 Å². The number of hydrogen-bond acceptors (Lipinski definition) is 2. The second-order valence-electron chi connectivity index (χ2n) is 5.38. The van der Waals surface area contributed by atoms with Gasteiger partial charge < -0.3 is 5.32 Å². The number of nitrogens with one attached hydrogen (secondary N) is 1. The summed E-state index contributed by atoms with van der Waals surface area (Å²) in [5.41, 5.74) is 1.44. The molecule has 2 fully saturated rings. The third kappa shape index (κ3) is 4.04. The van der Waals surface area contributed by atoms with E-state index in [4.69, 9.17) is 0 Å². The second-order valence-corrected chi connectivity index (χ2v) is 6.55. The van der Waals surface area contributed by atoms with Crippen LogP contribution in [0.1, 0.15) is 37.7 Å². The summed E-state index contributed by atoms with van der Waals surface area (Å²) in [7, 11) is 0. The van der Waals surface area contributed by atoms with Crippen molar-refractivity contribution >= 4 is 11.8 Å². The van der Waals surface area contributed by atoms with Crippen LogP contribution in [0.3, 0.4) is 0 Å². The maximum Gasteiger partial charge on any atom is 0.0208 e. The minimum Gasteiger partial charge on any atom is -0.310 e. The fourth-order valence-electron chi connectivity index (χ4n) is 2.04.